The van der Waals surface area contributed by atoms with Gasteiger partial charge in [0.05, 0.1) is 0 Å². The first-order valence-electron chi connectivity index (χ1n) is 9.65. The summed E-state index contributed by atoms with van der Waals surface area (Å²) in [6, 6.07) is 3.74. The highest BCUT2D eigenvalue weighted by Gasteiger charge is 2.49. The fourth-order valence-electron chi connectivity index (χ4n) is 5.38. The van der Waals surface area contributed by atoms with Crippen LogP contribution in [0.1, 0.15) is 60.3 Å². The normalized spacial score (nSPS) is 36.9. The molecule has 0 N–H and O–H groups in total. The highest BCUT2D eigenvalue weighted by atomic mass is 28.4. The van der Waals surface area contributed by atoms with Crippen LogP contribution in [-0.4, -0.2) is 20.7 Å². The molecule has 2 nitrogen and oxygen atoms in total. The lowest BCUT2D eigenvalue weighted by molar-refractivity contribution is -0.113. The van der Waals surface area contributed by atoms with Crippen LogP contribution in [0.25, 0.3) is 0 Å². The fourth-order valence-corrected chi connectivity index (χ4v) is 8.32. The number of fused-ring (bicyclic) bond motifs is 1. The van der Waals surface area contributed by atoms with Crippen molar-refractivity contribution >= 4 is 14.6 Å². The second-order valence-corrected chi connectivity index (χ2v) is 12.7. The highest BCUT2D eigenvalue weighted by molar-refractivity contribution is 6.73. The minimum Gasteiger partial charge on any atom is -0.414 e. The predicted octanol–water partition coefficient (Wildman–Crippen LogP) is 5.28. The summed E-state index contributed by atoms with van der Waals surface area (Å²) in [4.78, 5) is 11.3. The second kappa shape index (κ2) is 7.61. The zero-order chi connectivity index (χ0) is 16.3. The van der Waals surface area contributed by atoms with Crippen LogP contribution in [0.15, 0.2) is 0 Å². The van der Waals surface area contributed by atoms with E-state index in [1.54, 1.807) is 0 Å². The van der Waals surface area contributed by atoms with E-state index in [4.69, 9.17) is 4.43 Å². The van der Waals surface area contributed by atoms with Crippen molar-refractivity contribution in [1.29, 1.82) is 0 Å². The number of hydrogen-bond acceptors (Lipinski definition) is 2. The van der Waals surface area contributed by atoms with Gasteiger partial charge in [-0.1, -0.05) is 34.6 Å². The molecule has 2 saturated carbocycles. The van der Waals surface area contributed by atoms with Gasteiger partial charge < -0.3 is 9.22 Å². The van der Waals surface area contributed by atoms with E-state index in [0.29, 0.717) is 17.9 Å². The molecule has 0 aliphatic heterocycles. The topological polar surface area (TPSA) is 26.3 Å². The monoisotopic (exact) mass is 324 g/mol. The molecule has 2 fully saturated rings. The first kappa shape index (κ1) is 18.2. The summed E-state index contributed by atoms with van der Waals surface area (Å²) in [5.41, 5.74) is 0. The molecular formula is C19H36O2Si. The van der Waals surface area contributed by atoms with Gasteiger partial charge in [-0.05, 0) is 67.5 Å². The molecule has 2 rings (SSSR count). The Morgan fingerprint density at radius 1 is 1.09 bits per heavy atom. The van der Waals surface area contributed by atoms with Gasteiger partial charge in [-0.2, -0.15) is 0 Å². The summed E-state index contributed by atoms with van der Waals surface area (Å²) in [6.45, 7) is 11.5. The van der Waals surface area contributed by atoms with Gasteiger partial charge in [0.25, 0.3) is 0 Å². The molecule has 0 spiro atoms. The molecule has 0 aromatic heterocycles. The molecule has 0 heterocycles. The number of carbonyl (C=O) groups excluding carboxylic acids is 1. The van der Waals surface area contributed by atoms with Gasteiger partial charge >= 0.3 is 0 Å². The molecule has 5 unspecified atom stereocenters. The molecule has 3 heteroatoms. The van der Waals surface area contributed by atoms with Crippen LogP contribution < -0.4 is 0 Å². The predicted molar refractivity (Wildman–Crippen MR) is 95.4 cm³/mol. The van der Waals surface area contributed by atoms with Gasteiger partial charge in [0.1, 0.15) is 6.29 Å². The Balaban J connectivity index is 2.14. The molecule has 128 valence electrons. The van der Waals surface area contributed by atoms with Crippen LogP contribution in [-0.2, 0) is 9.22 Å². The third-order valence-corrected chi connectivity index (χ3v) is 11.8. The summed E-state index contributed by atoms with van der Waals surface area (Å²) >= 11 is 0. The number of carbonyl (C=O) groups is 1. The van der Waals surface area contributed by atoms with Gasteiger partial charge in [-0.3, -0.25) is 0 Å². The molecule has 0 aromatic carbocycles. The Bertz CT molecular complexity index is 358. The Kier molecular flexibility index (Phi) is 6.29. The molecule has 0 aromatic rings. The summed E-state index contributed by atoms with van der Waals surface area (Å²) in [7, 11) is -1.51. The highest BCUT2D eigenvalue weighted by Crippen LogP contribution is 2.52. The molecule has 0 amide bonds. The second-order valence-electron chi connectivity index (χ2n) is 7.93. The first-order valence-corrected chi connectivity index (χ1v) is 12.2. The van der Waals surface area contributed by atoms with Crippen molar-refractivity contribution in [3.05, 3.63) is 0 Å². The number of aldehydes is 1. The largest absolute Gasteiger partial charge is 0.414 e. The van der Waals surface area contributed by atoms with Crippen LogP contribution in [0.5, 0.6) is 0 Å². The molecule has 0 saturated heterocycles. The van der Waals surface area contributed by atoms with Crippen molar-refractivity contribution in [2.75, 3.05) is 0 Å². The number of hydrogen-bond donors (Lipinski definition) is 0. The van der Waals surface area contributed by atoms with Crippen LogP contribution in [0.2, 0.25) is 18.1 Å². The molecule has 0 radical (unpaired) electrons. The fraction of sp³-hybridized carbons (Fsp3) is 0.947. The van der Waals surface area contributed by atoms with Crippen LogP contribution in [0.3, 0.4) is 0 Å². The Morgan fingerprint density at radius 3 is 2.27 bits per heavy atom. The van der Waals surface area contributed by atoms with E-state index >= 15 is 0 Å². The van der Waals surface area contributed by atoms with Crippen LogP contribution in [0.4, 0.5) is 0 Å². The molecule has 22 heavy (non-hydrogen) atoms. The summed E-state index contributed by atoms with van der Waals surface area (Å²) < 4.78 is 6.90. The maximum atomic E-state index is 11.3. The minimum atomic E-state index is -1.51. The van der Waals surface area contributed by atoms with Crippen molar-refractivity contribution in [2.45, 2.75) is 84.5 Å². The lowest BCUT2D eigenvalue weighted by Gasteiger charge is -2.44. The van der Waals surface area contributed by atoms with Gasteiger partial charge in [0, 0.05) is 12.0 Å². The number of rotatable bonds is 7. The third kappa shape index (κ3) is 3.35. The van der Waals surface area contributed by atoms with Crippen molar-refractivity contribution in [3.8, 4) is 0 Å². The van der Waals surface area contributed by atoms with Crippen molar-refractivity contribution in [2.24, 2.45) is 29.6 Å². The Labute approximate surface area is 138 Å². The van der Waals surface area contributed by atoms with Crippen molar-refractivity contribution in [1.82, 2.24) is 0 Å². The molecule has 6 atom stereocenters. The zero-order valence-electron chi connectivity index (χ0n) is 15.3. The van der Waals surface area contributed by atoms with Crippen molar-refractivity contribution < 1.29 is 9.22 Å². The lowest BCUT2D eigenvalue weighted by atomic mass is 9.68. The zero-order valence-corrected chi connectivity index (χ0v) is 16.3. The van der Waals surface area contributed by atoms with E-state index in [2.05, 4.69) is 34.6 Å². The molecular weight excluding hydrogens is 288 g/mol. The Hall–Kier alpha value is -0.153. The van der Waals surface area contributed by atoms with Gasteiger partial charge in [0.2, 0.25) is 0 Å². The van der Waals surface area contributed by atoms with Gasteiger partial charge in [-0.25, -0.2) is 0 Å². The standard InChI is InChI=1S/C19H36O2Si/c1-6-22(7-2,8-3)21-18-12-9-14(4)19-16(15(5)13-20)10-11-17(18)19/h13-19H,6-12H2,1-5H3/t14-,15?,16?,17?,18?,19?/m0/s1. The van der Waals surface area contributed by atoms with Crippen LogP contribution >= 0.6 is 0 Å². The van der Waals surface area contributed by atoms with E-state index in [1.807, 2.05) is 0 Å². The van der Waals surface area contributed by atoms with E-state index in [-0.39, 0.29) is 5.92 Å². The molecule has 2 aliphatic carbocycles. The summed E-state index contributed by atoms with van der Waals surface area (Å²) in [6.07, 6.45) is 6.72. The molecule has 0 bridgehead atoms. The maximum Gasteiger partial charge on any atom is 0.192 e. The quantitative estimate of drug-likeness (QED) is 0.470. The third-order valence-electron chi connectivity index (χ3n) is 7.09. The minimum absolute atomic E-state index is 0.224. The SMILES string of the molecule is CC[Si](CC)(CC)OC1CC[C@H](C)C2C(C(C)C=O)CCC12. The average molecular weight is 325 g/mol. The van der Waals surface area contributed by atoms with E-state index in [9.17, 15) is 4.79 Å². The first-order chi connectivity index (χ1) is 10.5. The summed E-state index contributed by atoms with van der Waals surface area (Å²) in [5.74, 6) is 3.02. The smallest absolute Gasteiger partial charge is 0.192 e. The van der Waals surface area contributed by atoms with Crippen molar-refractivity contribution in [3.63, 3.8) is 0 Å². The maximum absolute atomic E-state index is 11.3. The summed E-state index contributed by atoms with van der Waals surface area (Å²) in [5, 5.41) is 0. The van der Waals surface area contributed by atoms with E-state index in [1.165, 1.54) is 50.1 Å². The Morgan fingerprint density at radius 2 is 1.73 bits per heavy atom. The molecule has 2 aliphatic rings. The van der Waals surface area contributed by atoms with E-state index in [0.717, 1.165) is 11.8 Å². The van der Waals surface area contributed by atoms with Gasteiger partial charge in [-0.15, -0.1) is 0 Å². The van der Waals surface area contributed by atoms with E-state index < -0.39 is 8.32 Å². The average Bonchev–Trinajstić information content (AvgIpc) is 3.00. The van der Waals surface area contributed by atoms with Crippen LogP contribution in [0, 0.1) is 29.6 Å². The lowest BCUT2D eigenvalue weighted by Crippen LogP contribution is -2.46. The van der Waals surface area contributed by atoms with Gasteiger partial charge in [0.15, 0.2) is 8.32 Å².